The molecule has 0 N–H and O–H groups in total. The third kappa shape index (κ3) is 4.54. The predicted octanol–water partition coefficient (Wildman–Crippen LogP) is 3.89. The van der Waals surface area contributed by atoms with Crippen molar-refractivity contribution in [3.8, 4) is 6.01 Å². The van der Waals surface area contributed by atoms with Gasteiger partial charge in [0.1, 0.15) is 5.82 Å². The Morgan fingerprint density at radius 2 is 2.00 bits per heavy atom. The smallest absolute Gasteiger partial charge is 0.318 e. The molecule has 1 aliphatic rings. The number of rotatable bonds is 5. The van der Waals surface area contributed by atoms with Crippen LogP contribution in [0.5, 0.6) is 6.01 Å². The highest BCUT2D eigenvalue weighted by Gasteiger charge is 2.24. The second kappa shape index (κ2) is 8.21. The molecule has 1 aliphatic heterocycles. The Morgan fingerprint density at radius 1 is 1.24 bits per heavy atom. The first-order valence-corrected chi connectivity index (χ1v) is 9.08. The van der Waals surface area contributed by atoms with Gasteiger partial charge in [-0.25, -0.2) is 4.98 Å². The van der Waals surface area contributed by atoms with Crippen LogP contribution in [0, 0.1) is 0 Å². The molecule has 7 heteroatoms. The van der Waals surface area contributed by atoms with Crippen LogP contribution in [0.15, 0.2) is 30.5 Å². The van der Waals surface area contributed by atoms with Gasteiger partial charge in [0.2, 0.25) is 0 Å². The lowest BCUT2D eigenvalue weighted by atomic mass is 10.0. The molecule has 1 aromatic heterocycles. The Kier molecular flexibility index (Phi) is 5.99. The Bertz CT molecular complexity index is 720. The molecule has 3 rings (SSSR count). The van der Waals surface area contributed by atoms with Gasteiger partial charge in [0.15, 0.2) is 0 Å². The highest BCUT2D eigenvalue weighted by Crippen LogP contribution is 2.25. The zero-order chi connectivity index (χ0) is 17.8. The van der Waals surface area contributed by atoms with Gasteiger partial charge in [-0.1, -0.05) is 23.2 Å². The molecule has 1 aromatic carbocycles. The van der Waals surface area contributed by atoms with Crippen LogP contribution in [0.4, 0.5) is 5.82 Å². The molecule has 2 heterocycles. The fraction of sp³-hybridized carbons (Fsp3) is 0.444. The average Bonchev–Trinajstić information content (AvgIpc) is 2.65. The molecule has 2 aromatic rings. The number of aromatic nitrogens is 2. The quantitative estimate of drug-likeness (QED) is 0.786. The summed E-state index contributed by atoms with van der Waals surface area (Å²) in [5.74, 6) is 0.922. The minimum absolute atomic E-state index is 0.410. The van der Waals surface area contributed by atoms with Crippen LogP contribution in [0.25, 0.3) is 0 Å². The minimum atomic E-state index is 0.410. The minimum Gasteiger partial charge on any atom is -0.467 e. The van der Waals surface area contributed by atoms with E-state index in [9.17, 15) is 0 Å². The van der Waals surface area contributed by atoms with Gasteiger partial charge in [0.05, 0.1) is 7.11 Å². The van der Waals surface area contributed by atoms with E-state index in [0.29, 0.717) is 12.1 Å². The van der Waals surface area contributed by atoms with Crippen molar-refractivity contribution in [2.75, 3.05) is 32.1 Å². The second-order valence-electron chi connectivity index (χ2n) is 6.27. The lowest BCUT2D eigenvalue weighted by Gasteiger charge is -2.37. The number of nitrogens with zero attached hydrogens (tertiary/aromatic N) is 4. The van der Waals surface area contributed by atoms with Gasteiger partial charge in [-0.3, -0.25) is 4.90 Å². The Hall–Kier alpha value is -1.56. The van der Waals surface area contributed by atoms with Crippen LogP contribution in [-0.4, -0.2) is 48.2 Å². The summed E-state index contributed by atoms with van der Waals surface area (Å²) in [6, 6.07) is 8.48. The first-order valence-electron chi connectivity index (χ1n) is 8.33. The molecule has 0 unspecified atom stereocenters. The summed E-state index contributed by atoms with van der Waals surface area (Å²) in [6.07, 6.45) is 3.88. The van der Waals surface area contributed by atoms with E-state index in [1.165, 1.54) is 0 Å². The molecule has 0 bridgehead atoms. The van der Waals surface area contributed by atoms with E-state index in [0.717, 1.165) is 53.9 Å². The van der Waals surface area contributed by atoms with Crippen molar-refractivity contribution in [1.29, 1.82) is 0 Å². The van der Waals surface area contributed by atoms with Crippen LogP contribution >= 0.6 is 23.2 Å². The number of ether oxygens (including phenoxy) is 1. The molecule has 0 spiro atoms. The fourth-order valence-corrected chi connectivity index (χ4v) is 3.58. The molecule has 0 amide bonds. The van der Waals surface area contributed by atoms with Gasteiger partial charge in [0.25, 0.3) is 0 Å². The predicted molar refractivity (Wildman–Crippen MR) is 102 cm³/mol. The Labute approximate surface area is 158 Å². The number of benzene rings is 1. The molecule has 0 radical (unpaired) electrons. The Balaban J connectivity index is 1.58. The van der Waals surface area contributed by atoms with Gasteiger partial charge >= 0.3 is 6.01 Å². The lowest BCUT2D eigenvalue weighted by Crippen LogP contribution is -2.43. The maximum Gasteiger partial charge on any atom is 0.318 e. The molecular formula is C18H22Cl2N4O. The molecule has 1 fully saturated rings. The molecule has 0 atom stereocenters. The van der Waals surface area contributed by atoms with E-state index in [2.05, 4.69) is 26.8 Å². The number of halogens is 2. The number of hydrogen-bond acceptors (Lipinski definition) is 5. The van der Waals surface area contributed by atoms with E-state index in [1.54, 1.807) is 13.3 Å². The molecule has 0 aliphatic carbocycles. The number of anilines is 1. The van der Waals surface area contributed by atoms with E-state index in [-0.39, 0.29) is 0 Å². The van der Waals surface area contributed by atoms with Gasteiger partial charge in [-0.2, -0.15) is 4.98 Å². The zero-order valence-corrected chi connectivity index (χ0v) is 16.0. The first kappa shape index (κ1) is 18.2. The number of methoxy groups -OCH3 is 1. The van der Waals surface area contributed by atoms with Crippen molar-refractivity contribution in [3.63, 3.8) is 0 Å². The van der Waals surface area contributed by atoms with Crippen LogP contribution in [0.2, 0.25) is 10.0 Å². The summed E-state index contributed by atoms with van der Waals surface area (Å²) < 4.78 is 5.11. The largest absolute Gasteiger partial charge is 0.467 e. The van der Waals surface area contributed by atoms with E-state index >= 15 is 0 Å². The third-order valence-electron chi connectivity index (χ3n) is 4.64. The molecule has 25 heavy (non-hydrogen) atoms. The van der Waals surface area contributed by atoms with Gasteiger partial charge < -0.3 is 9.64 Å². The zero-order valence-electron chi connectivity index (χ0n) is 14.5. The highest BCUT2D eigenvalue weighted by atomic mass is 35.5. The summed E-state index contributed by atoms with van der Waals surface area (Å²) in [4.78, 5) is 13.1. The van der Waals surface area contributed by atoms with Crippen LogP contribution in [0.1, 0.15) is 18.4 Å². The fourth-order valence-electron chi connectivity index (χ4n) is 3.20. The normalized spacial score (nSPS) is 15.6. The van der Waals surface area contributed by atoms with Crippen molar-refractivity contribution in [3.05, 3.63) is 46.1 Å². The molecule has 5 nitrogen and oxygen atoms in total. The summed E-state index contributed by atoms with van der Waals surface area (Å²) in [5, 5.41) is 1.49. The third-order valence-corrected chi connectivity index (χ3v) is 5.24. The van der Waals surface area contributed by atoms with Crippen molar-refractivity contribution in [2.45, 2.75) is 25.4 Å². The Morgan fingerprint density at radius 3 is 2.72 bits per heavy atom. The van der Waals surface area contributed by atoms with Crippen LogP contribution < -0.4 is 9.64 Å². The van der Waals surface area contributed by atoms with Crippen molar-refractivity contribution in [1.82, 2.24) is 14.9 Å². The van der Waals surface area contributed by atoms with Crippen molar-refractivity contribution < 1.29 is 4.74 Å². The summed E-state index contributed by atoms with van der Waals surface area (Å²) in [5.41, 5.74) is 1.07. The lowest BCUT2D eigenvalue weighted by molar-refractivity contribution is 0.200. The van der Waals surface area contributed by atoms with Gasteiger partial charge in [0, 0.05) is 41.9 Å². The van der Waals surface area contributed by atoms with Crippen molar-refractivity contribution in [2.24, 2.45) is 0 Å². The SMILES string of the molecule is COc1nccc(N2CCC(N(C)Cc3cc(Cl)ccc3Cl)CC2)n1. The van der Waals surface area contributed by atoms with E-state index in [1.807, 2.05) is 24.3 Å². The highest BCUT2D eigenvalue weighted by molar-refractivity contribution is 6.33. The topological polar surface area (TPSA) is 41.5 Å². The molecule has 1 saturated heterocycles. The van der Waals surface area contributed by atoms with Gasteiger partial charge in [-0.15, -0.1) is 0 Å². The summed E-state index contributed by atoms with van der Waals surface area (Å²) in [7, 11) is 3.73. The van der Waals surface area contributed by atoms with Crippen LogP contribution in [-0.2, 0) is 6.54 Å². The van der Waals surface area contributed by atoms with E-state index < -0.39 is 0 Å². The molecular weight excluding hydrogens is 359 g/mol. The standard InChI is InChI=1S/C18H22Cl2N4O/c1-23(12-13-11-14(19)3-4-16(13)20)15-6-9-24(10-7-15)17-5-8-21-18(22-17)25-2/h3-5,8,11,15H,6-7,9-10,12H2,1-2H3. The van der Waals surface area contributed by atoms with Crippen molar-refractivity contribution >= 4 is 29.0 Å². The first-order chi connectivity index (χ1) is 12.1. The number of hydrogen-bond donors (Lipinski definition) is 0. The molecule has 134 valence electrons. The molecule has 0 saturated carbocycles. The average molecular weight is 381 g/mol. The maximum atomic E-state index is 6.29. The van der Waals surface area contributed by atoms with E-state index in [4.69, 9.17) is 27.9 Å². The van der Waals surface area contributed by atoms with Gasteiger partial charge in [-0.05, 0) is 49.7 Å². The monoisotopic (exact) mass is 380 g/mol. The van der Waals surface area contributed by atoms with Crippen LogP contribution in [0.3, 0.4) is 0 Å². The maximum absolute atomic E-state index is 6.29. The second-order valence-corrected chi connectivity index (χ2v) is 7.11. The summed E-state index contributed by atoms with van der Waals surface area (Å²) in [6.45, 7) is 2.71. The summed E-state index contributed by atoms with van der Waals surface area (Å²) >= 11 is 12.4. The number of piperidine rings is 1.